The maximum Gasteiger partial charge on any atom is 0.408 e. The van der Waals surface area contributed by atoms with Crippen LogP contribution in [0.2, 0.25) is 0 Å². The lowest BCUT2D eigenvalue weighted by Crippen LogP contribution is -2.47. The zero-order chi connectivity index (χ0) is 90.8. The lowest BCUT2D eigenvalue weighted by Gasteiger charge is -2.24. The van der Waals surface area contributed by atoms with Gasteiger partial charge in [-0.15, -0.1) is 0 Å². The number of anilines is 6. The Bertz CT molecular complexity index is 4780. The first-order valence-corrected chi connectivity index (χ1v) is 40.5. The van der Waals surface area contributed by atoms with E-state index in [4.69, 9.17) is 18.9 Å². The Labute approximate surface area is 725 Å². The SMILES string of the molecule is CC(C)(C)OC(=O)N[C@@H](Cc1ccccc1)C(=O)Nc1cc(NC(=O)[C@H](Cc2ccccc2)NC(=O)OC(C)(C)C)cc(C(=O)N[C@@H](Cc2ccccc2)C(=O)Nc2cc(NC(=O)[C@H](Cc3ccccc3)NC(=O)c3cc(NC(=O)[C@H](Cc4ccccc4)NC(=O)OC(C)(C)C)cc(NC(=O)[C@H](Cc4ccccc4)NC(=O)OC(C)(C)C)c3)cc(C(=O)O)c2)c1. The average molecular weight is 1700 g/mol. The molecule has 12 amide bonds. The molecular weight excluding hydrogens is 1600 g/mol. The molecule has 0 spiro atoms. The molecule has 30 heteroatoms. The minimum atomic E-state index is -1.53. The second-order valence-corrected chi connectivity index (χ2v) is 33.6. The van der Waals surface area contributed by atoms with Crippen LogP contribution in [0.15, 0.2) is 237 Å². The van der Waals surface area contributed by atoms with Crippen molar-refractivity contribution < 1.29 is 86.4 Å². The zero-order valence-electron chi connectivity index (χ0n) is 71.6. The van der Waals surface area contributed by atoms with Gasteiger partial charge in [0.05, 0.1) is 5.56 Å². The van der Waals surface area contributed by atoms with Gasteiger partial charge in [-0.25, -0.2) is 24.0 Å². The largest absolute Gasteiger partial charge is 0.478 e. The summed E-state index contributed by atoms with van der Waals surface area (Å²) in [7, 11) is 0. The summed E-state index contributed by atoms with van der Waals surface area (Å²) in [5, 5.41) is 43.3. The van der Waals surface area contributed by atoms with E-state index in [2.05, 4.69) is 63.8 Å². The average Bonchev–Trinajstić information content (AvgIpc) is 0.822. The van der Waals surface area contributed by atoms with Crippen LogP contribution in [0.5, 0.6) is 0 Å². The normalized spacial score (nSPS) is 12.8. The molecule has 654 valence electrons. The predicted molar refractivity (Wildman–Crippen MR) is 474 cm³/mol. The second kappa shape index (κ2) is 43.2. The fourth-order valence-corrected chi connectivity index (χ4v) is 12.7. The summed E-state index contributed by atoms with van der Waals surface area (Å²) >= 11 is 0. The predicted octanol–water partition coefficient (Wildman–Crippen LogP) is 13.6. The van der Waals surface area contributed by atoms with Gasteiger partial charge in [0.2, 0.25) is 35.4 Å². The summed E-state index contributed by atoms with van der Waals surface area (Å²) in [6.45, 7) is 19.8. The Kier molecular flexibility index (Phi) is 32.5. The minimum Gasteiger partial charge on any atom is -0.478 e. The van der Waals surface area contributed by atoms with E-state index in [-0.39, 0.29) is 83.8 Å². The van der Waals surface area contributed by atoms with Crippen molar-refractivity contribution in [3.05, 3.63) is 287 Å². The number of carboxylic acids is 1. The van der Waals surface area contributed by atoms with Crippen LogP contribution in [0.1, 0.15) is 148 Å². The highest BCUT2D eigenvalue weighted by Gasteiger charge is 2.34. The first-order chi connectivity index (χ1) is 59.1. The fraction of sp³-hybridized carbons (Fsp3) is 0.295. The first kappa shape index (κ1) is 94.1. The molecule has 0 aliphatic rings. The van der Waals surface area contributed by atoms with Crippen molar-refractivity contribution in [2.45, 2.75) is 180 Å². The molecule has 0 aliphatic carbocycles. The van der Waals surface area contributed by atoms with Crippen molar-refractivity contribution in [1.29, 1.82) is 0 Å². The van der Waals surface area contributed by atoms with Crippen LogP contribution in [0.4, 0.5) is 53.3 Å². The molecule has 9 aromatic carbocycles. The number of benzene rings is 9. The van der Waals surface area contributed by atoms with Crippen LogP contribution in [-0.2, 0) is 86.2 Å². The van der Waals surface area contributed by atoms with Gasteiger partial charge in [0.25, 0.3) is 11.8 Å². The van der Waals surface area contributed by atoms with Crippen LogP contribution in [-0.4, -0.2) is 141 Å². The van der Waals surface area contributed by atoms with Gasteiger partial charge in [0.1, 0.15) is 58.7 Å². The number of aromatic carboxylic acids is 1. The summed E-state index contributed by atoms with van der Waals surface area (Å²) < 4.78 is 22.2. The fourth-order valence-electron chi connectivity index (χ4n) is 12.7. The Morgan fingerprint density at radius 3 is 0.560 bits per heavy atom. The van der Waals surface area contributed by atoms with E-state index >= 15 is 19.2 Å². The molecule has 0 unspecified atom stereocenters. The summed E-state index contributed by atoms with van der Waals surface area (Å²) in [6, 6.07) is 55.0. The topological polar surface area (TPSA) is 423 Å². The molecule has 0 radical (unpaired) electrons. The number of carboxylic acid groups (broad SMARTS) is 1. The lowest BCUT2D eigenvalue weighted by molar-refractivity contribution is -0.118. The summed E-state index contributed by atoms with van der Waals surface area (Å²) in [5.41, 5.74) is -1.96. The quantitative estimate of drug-likeness (QED) is 0.0170. The molecule has 0 aliphatic heterocycles. The van der Waals surface area contributed by atoms with E-state index < -0.39 is 142 Å². The number of carbonyl (C=O) groups excluding carboxylic acids is 12. The third kappa shape index (κ3) is 32.3. The first-order valence-electron chi connectivity index (χ1n) is 40.5. The number of hydrogen-bond acceptors (Lipinski definition) is 17. The van der Waals surface area contributed by atoms with Crippen molar-refractivity contribution >= 4 is 112 Å². The molecule has 0 saturated carbocycles. The van der Waals surface area contributed by atoms with Crippen LogP contribution < -0.4 is 63.8 Å². The molecular formula is C95H106N12O18. The van der Waals surface area contributed by atoms with Crippen molar-refractivity contribution in [3.8, 4) is 0 Å². The molecule has 6 atom stereocenters. The van der Waals surface area contributed by atoms with Gasteiger partial charge < -0.3 is 87.9 Å². The van der Waals surface area contributed by atoms with Crippen molar-refractivity contribution in [2.24, 2.45) is 0 Å². The van der Waals surface area contributed by atoms with E-state index in [0.29, 0.717) is 33.4 Å². The number of carbonyl (C=O) groups is 13. The molecule has 13 N–H and O–H groups in total. The van der Waals surface area contributed by atoms with E-state index in [1.807, 2.05) is 0 Å². The van der Waals surface area contributed by atoms with E-state index in [1.54, 1.807) is 265 Å². The number of rotatable bonds is 33. The number of alkyl carbamates (subject to hydrolysis) is 4. The van der Waals surface area contributed by atoms with Crippen LogP contribution in [0, 0.1) is 0 Å². The molecule has 0 aromatic heterocycles. The molecule has 125 heavy (non-hydrogen) atoms. The summed E-state index contributed by atoms with van der Waals surface area (Å²) in [4.78, 5) is 186. The standard InChI is InChI=1S/C95H106N12O18/c1-92(2,3)122-88(118)104-75(45-60-35-23-15-24-36-60)83(112)96-67-49-64(50-68(55-67)97-84(113)76(46-61-37-25-16-26-38-61)105-89(119)123-93(4,5)6)79(108)102-73(43-58-31-19-13-20-32-58)81(110)100-71-53-66(87(116)117)54-72(57-71)101-82(111)74(44-59-33-21-14-22-34-59)103-80(109)65-51-69(98-85(114)77(47-62-39-27-17-28-40-62)106-90(120)124-94(7,8)9)56-70(52-65)99-86(115)78(48-63-41-29-18-30-42-63)107-91(121)125-95(10,11)12/h13-42,49-57,73-78H,43-48H2,1-12H3,(H,96,112)(H,97,113)(H,98,114)(H,99,115)(H,100,110)(H,101,111)(H,102,108)(H,103,109)(H,104,118)(H,105,119)(H,106,120)(H,107,121)(H,116,117)/t73-,74-,75-,76-,77-,78-/m0/s1. The van der Waals surface area contributed by atoms with Crippen LogP contribution >= 0.6 is 0 Å². The van der Waals surface area contributed by atoms with Gasteiger partial charge >= 0.3 is 30.3 Å². The van der Waals surface area contributed by atoms with Gasteiger partial charge in [0, 0.05) is 83.8 Å². The maximum atomic E-state index is 15.2. The van der Waals surface area contributed by atoms with E-state index in [9.17, 15) is 48.3 Å². The summed E-state index contributed by atoms with van der Waals surface area (Å²) in [6.07, 6.45) is -4.24. The Morgan fingerprint density at radius 2 is 0.400 bits per heavy atom. The van der Waals surface area contributed by atoms with Gasteiger partial charge in [0.15, 0.2) is 0 Å². The number of amides is 12. The molecule has 0 saturated heterocycles. The Hall–Kier alpha value is -14.7. The maximum absolute atomic E-state index is 15.2. The number of ether oxygens (including phenoxy) is 4. The van der Waals surface area contributed by atoms with E-state index in [1.165, 1.54) is 42.5 Å². The monoisotopic (exact) mass is 1700 g/mol. The molecule has 9 rings (SSSR count). The number of hydrogen-bond donors (Lipinski definition) is 13. The van der Waals surface area contributed by atoms with Gasteiger partial charge in [-0.3, -0.25) is 38.4 Å². The minimum absolute atomic E-state index is 0.0398. The third-order valence-electron chi connectivity index (χ3n) is 18.1. The summed E-state index contributed by atoms with van der Waals surface area (Å²) in [5.74, 6) is -8.41. The molecule has 9 aromatic rings. The Balaban J connectivity index is 1.04. The highest BCUT2D eigenvalue weighted by atomic mass is 16.6. The van der Waals surface area contributed by atoms with Crippen molar-refractivity contribution in [3.63, 3.8) is 0 Å². The molecule has 30 nitrogen and oxygen atoms in total. The van der Waals surface area contributed by atoms with Crippen LogP contribution in [0.25, 0.3) is 0 Å². The zero-order valence-corrected chi connectivity index (χ0v) is 71.6. The van der Waals surface area contributed by atoms with Gasteiger partial charge in [-0.1, -0.05) is 182 Å². The third-order valence-corrected chi connectivity index (χ3v) is 18.1. The molecule has 0 fully saturated rings. The molecule has 0 bridgehead atoms. The smallest absolute Gasteiger partial charge is 0.408 e. The van der Waals surface area contributed by atoms with Crippen molar-refractivity contribution in [2.75, 3.05) is 31.9 Å². The highest BCUT2D eigenvalue weighted by molar-refractivity contribution is 6.08. The van der Waals surface area contributed by atoms with E-state index in [0.717, 1.165) is 12.1 Å². The molecule has 0 heterocycles. The second-order valence-electron chi connectivity index (χ2n) is 33.6. The van der Waals surface area contributed by atoms with Gasteiger partial charge in [-0.2, -0.15) is 0 Å². The number of nitrogens with one attached hydrogen (secondary N) is 12. The van der Waals surface area contributed by atoms with Gasteiger partial charge in [-0.05, 0) is 171 Å². The van der Waals surface area contributed by atoms with Crippen LogP contribution in [0.3, 0.4) is 0 Å². The lowest BCUT2D eigenvalue weighted by atomic mass is 10.0. The van der Waals surface area contributed by atoms with Crippen molar-refractivity contribution in [1.82, 2.24) is 31.9 Å². The highest BCUT2D eigenvalue weighted by Crippen LogP contribution is 2.27. The Morgan fingerprint density at radius 1 is 0.240 bits per heavy atom.